The minimum atomic E-state index is -1.79. The van der Waals surface area contributed by atoms with Gasteiger partial charge in [0.15, 0.2) is 5.76 Å². The SMILES string of the molecule is Cc1ccc(C(=O)/C=C/c2ccc(C(=O)N(CCCN(C)CCCN[c-]3cccc3)OC(=O)C(=O)O)cc2)o1.[Fe+2].c1cc[cH-]c1. The molecular weight excluding hydrogens is 618 g/mol. The summed E-state index contributed by atoms with van der Waals surface area (Å²) < 4.78 is 5.30. The number of aliphatic carboxylic acids is 1. The Morgan fingerprint density at radius 1 is 0.956 bits per heavy atom. The predicted octanol–water partition coefficient (Wildman–Crippen LogP) is 5.42. The summed E-state index contributed by atoms with van der Waals surface area (Å²) in [5.74, 6) is -3.41. The number of ketones is 1. The first-order chi connectivity index (χ1) is 21.2. The second-order valence-corrected chi connectivity index (χ2v) is 9.89. The van der Waals surface area contributed by atoms with E-state index in [0.717, 1.165) is 30.3 Å². The first-order valence-electron chi connectivity index (χ1n) is 14.2. The fourth-order valence-corrected chi connectivity index (χ4v) is 4.02. The van der Waals surface area contributed by atoms with Crippen molar-refractivity contribution >= 4 is 35.4 Å². The van der Waals surface area contributed by atoms with Gasteiger partial charge >= 0.3 is 29.0 Å². The van der Waals surface area contributed by atoms with E-state index >= 15 is 0 Å². The summed E-state index contributed by atoms with van der Waals surface area (Å²) in [5.41, 5.74) is 1.94. The molecule has 0 saturated heterocycles. The van der Waals surface area contributed by atoms with Gasteiger partial charge in [-0.05, 0) is 75.8 Å². The molecule has 0 aliphatic heterocycles. The zero-order valence-corrected chi connectivity index (χ0v) is 26.3. The number of carbonyl (C=O) groups is 4. The van der Waals surface area contributed by atoms with Gasteiger partial charge < -0.3 is 24.6 Å². The molecule has 3 aromatic carbocycles. The van der Waals surface area contributed by atoms with Crippen molar-refractivity contribution in [2.45, 2.75) is 19.8 Å². The molecule has 45 heavy (non-hydrogen) atoms. The Morgan fingerprint density at radius 2 is 1.62 bits per heavy atom. The molecule has 0 radical (unpaired) electrons. The molecule has 0 atom stereocenters. The molecule has 1 aromatic heterocycles. The summed E-state index contributed by atoms with van der Waals surface area (Å²) in [7, 11) is 1.95. The molecule has 0 bridgehead atoms. The van der Waals surface area contributed by atoms with Crippen molar-refractivity contribution in [3.05, 3.63) is 120 Å². The van der Waals surface area contributed by atoms with Gasteiger partial charge in [-0.2, -0.15) is 35.4 Å². The third kappa shape index (κ3) is 13.2. The molecule has 0 aliphatic rings. The number of amides is 1. The van der Waals surface area contributed by atoms with Crippen LogP contribution in [0.1, 0.15) is 45.1 Å². The Hall–Kier alpha value is -4.70. The molecule has 0 fully saturated rings. The molecule has 1 heterocycles. The topological polar surface area (TPSA) is 129 Å². The number of carboxylic acids is 1. The molecule has 238 valence electrons. The van der Waals surface area contributed by atoms with Crippen LogP contribution in [0.2, 0.25) is 0 Å². The largest absolute Gasteiger partial charge is 2.00 e. The van der Waals surface area contributed by atoms with Crippen LogP contribution in [-0.2, 0) is 31.5 Å². The van der Waals surface area contributed by atoms with E-state index in [2.05, 4.69) is 10.2 Å². The van der Waals surface area contributed by atoms with Crippen molar-refractivity contribution in [3.8, 4) is 0 Å². The van der Waals surface area contributed by atoms with Gasteiger partial charge in [-0.1, -0.05) is 23.9 Å². The van der Waals surface area contributed by atoms with E-state index in [-0.39, 0.29) is 40.7 Å². The molecular formula is C34H37FeN3O7. The second kappa shape index (κ2) is 19.6. The second-order valence-electron chi connectivity index (χ2n) is 9.89. The standard InChI is InChI=1S/C29H32N3O7.C5H5.Fe/c1-21-9-16-26(38-21)25(33)15-12-22-10-13-23(14-11-22)27(34)32(39-29(37)28(35)36)20-6-19-31(2)18-5-17-30-24-7-3-4-8-24;1-2-4-5-3-1;/h3-4,7-16,30H,5-6,17-20H2,1-2H3,(H,35,36);1-5H;/q2*-1;+2/b15-12+;;. The number of hydrogen-bond acceptors (Lipinski definition) is 8. The third-order valence-electron chi connectivity index (χ3n) is 6.33. The Morgan fingerprint density at radius 3 is 2.20 bits per heavy atom. The number of carbonyl (C=O) groups excluding carboxylic acids is 3. The monoisotopic (exact) mass is 655 g/mol. The number of rotatable bonds is 13. The van der Waals surface area contributed by atoms with E-state index in [4.69, 9.17) is 14.4 Å². The van der Waals surface area contributed by atoms with Crippen LogP contribution in [-0.4, -0.2) is 71.9 Å². The van der Waals surface area contributed by atoms with Crippen molar-refractivity contribution in [1.82, 2.24) is 9.96 Å². The maximum atomic E-state index is 13.0. The number of nitrogens with one attached hydrogen (secondary N) is 1. The summed E-state index contributed by atoms with van der Waals surface area (Å²) >= 11 is 0. The Kier molecular flexibility index (Phi) is 15.9. The van der Waals surface area contributed by atoms with Crippen LogP contribution in [0.3, 0.4) is 0 Å². The molecule has 1 amide bonds. The van der Waals surface area contributed by atoms with Crippen LogP contribution in [0.15, 0.2) is 101 Å². The smallest absolute Gasteiger partial charge is 0.473 e. The molecule has 2 N–H and O–H groups in total. The minimum Gasteiger partial charge on any atom is -0.473 e. The van der Waals surface area contributed by atoms with Crippen LogP contribution in [0, 0.1) is 6.92 Å². The van der Waals surface area contributed by atoms with E-state index in [1.54, 1.807) is 37.3 Å². The average Bonchev–Trinajstić information content (AvgIpc) is 3.83. The van der Waals surface area contributed by atoms with E-state index < -0.39 is 17.8 Å². The van der Waals surface area contributed by atoms with Crippen molar-refractivity contribution in [2.75, 3.05) is 38.5 Å². The molecule has 10 nitrogen and oxygen atoms in total. The number of benzene rings is 1. The van der Waals surface area contributed by atoms with Crippen molar-refractivity contribution in [2.24, 2.45) is 0 Å². The van der Waals surface area contributed by atoms with Crippen LogP contribution in [0.5, 0.6) is 0 Å². The molecule has 4 aromatic rings. The summed E-state index contributed by atoms with van der Waals surface area (Å²) in [6, 6.07) is 27.5. The van der Waals surface area contributed by atoms with Gasteiger partial charge in [0.25, 0.3) is 5.91 Å². The molecule has 0 unspecified atom stereocenters. The first kappa shape index (κ1) is 36.5. The number of nitrogens with zero attached hydrogens (tertiary/aromatic N) is 2. The van der Waals surface area contributed by atoms with Crippen LogP contribution < -0.4 is 5.32 Å². The number of hydrogen-bond donors (Lipinski definition) is 2. The minimum absolute atomic E-state index is 0. The van der Waals surface area contributed by atoms with E-state index in [0.29, 0.717) is 24.3 Å². The zero-order valence-electron chi connectivity index (χ0n) is 25.2. The maximum absolute atomic E-state index is 13.0. The van der Waals surface area contributed by atoms with Gasteiger partial charge in [-0.15, -0.1) is 0 Å². The number of carboxylic acid groups (broad SMARTS) is 1. The molecule has 11 heteroatoms. The molecule has 0 aliphatic carbocycles. The quantitative estimate of drug-likeness (QED) is 0.0369. The van der Waals surface area contributed by atoms with Gasteiger partial charge in [-0.25, -0.2) is 33.9 Å². The van der Waals surface area contributed by atoms with Gasteiger partial charge in [0.2, 0.25) is 5.78 Å². The molecule has 0 spiro atoms. The van der Waals surface area contributed by atoms with E-state index in [1.165, 1.54) is 18.2 Å². The van der Waals surface area contributed by atoms with Gasteiger partial charge in [-0.3, -0.25) is 9.59 Å². The normalized spacial score (nSPS) is 10.5. The summed E-state index contributed by atoms with van der Waals surface area (Å²) in [6.07, 6.45) is 4.32. The number of allylic oxidation sites excluding steroid dienone is 1. The number of anilines is 1. The van der Waals surface area contributed by atoms with Gasteiger partial charge in [0.05, 0.1) is 6.54 Å². The number of aryl methyl sites for hydroxylation is 1. The van der Waals surface area contributed by atoms with E-state index in [9.17, 15) is 19.2 Å². The van der Waals surface area contributed by atoms with Gasteiger partial charge in [0, 0.05) is 12.1 Å². The van der Waals surface area contributed by atoms with Crippen molar-refractivity contribution in [3.63, 3.8) is 0 Å². The van der Waals surface area contributed by atoms with Crippen LogP contribution in [0.25, 0.3) is 6.08 Å². The Balaban J connectivity index is 0.00000107. The summed E-state index contributed by atoms with van der Waals surface area (Å²) in [6.45, 7) is 4.01. The number of furan rings is 1. The van der Waals surface area contributed by atoms with Crippen molar-refractivity contribution in [1.29, 1.82) is 0 Å². The average molecular weight is 656 g/mol. The number of hydroxylamine groups is 2. The fraction of sp³-hybridized carbons (Fsp3) is 0.235. The Labute approximate surface area is 273 Å². The van der Waals surface area contributed by atoms with E-state index in [1.807, 2.05) is 61.6 Å². The Bertz CT molecular complexity index is 1460. The predicted molar refractivity (Wildman–Crippen MR) is 167 cm³/mol. The first-order valence-corrected chi connectivity index (χ1v) is 14.2. The zero-order chi connectivity index (χ0) is 31.7. The fourth-order valence-electron chi connectivity index (χ4n) is 4.02. The molecule has 4 rings (SSSR count). The molecule has 0 saturated carbocycles. The van der Waals surface area contributed by atoms with Crippen molar-refractivity contribution < 1.29 is 50.6 Å². The summed E-state index contributed by atoms with van der Waals surface area (Å²) in [4.78, 5) is 54.9. The maximum Gasteiger partial charge on any atom is 2.00 e. The van der Waals surface area contributed by atoms with Crippen LogP contribution in [0.4, 0.5) is 5.69 Å². The third-order valence-corrected chi connectivity index (χ3v) is 6.33. The summed E-state index contributed by atoms with van der Waals surface area (Å²) in [5, 5.41) is 13.0. The van der Waals surface area contributed by atoms with Gasteiger partial charge in [0.1, 0.15) is 5.76 Å². The van der Waals surface area contributed by atoms with Crippen LogP contribution >= 0.6 is 0 Å².